The van der Waals surface area contributed by atoms with Gasteiger partial charge in [0.25, 0.3) is 11.8 Å². The molecular weight excluding hydrogens is 444 g/mol. The van der Waals surface area contributed by atoms with Crippen molar-refractivity contribution >= 4 is 68.3 Å². The van der Waals surface area contributed by atoms with Gasteiger partial charge in [-0.05, 0) is 25.7 Å². The van der Waals surface area contributed by atoms with E-state index in [1.54, 1.807) is 0 Å². The van der Waals surface area contributed by atoms with Crippen molar-refractivity contribution in [1.82, 2.24) is 9.80 Å². The Hall–Kier alpha value is -1.70. The number of hydrogen-bond donors (Lipinski definition) is 0. The van der Waals surface area contributed by atoms with E-state index >= 15 is 0 Å². The van der Waals surface area contributed by atoms with E-state index in [1.807, 2.05) is 21.9 Å². The van der Waals surface area contributed by atoms with Gasteiger partial charge in [0.15, 0.2) is 0 Å². The quantitative estimate of drug-likeness (QED) is 0.520. The molecule has 6 rings (SSSR count). The Labute approximate surface area is 196 Å². The Balaban J connectivity index is 1.49. The van der Waals surface area contributed by atoms with Crippen molar-refractivity contribution in [3.63, 3.8) is 0 Å². The van der Waals surface area contributed by atoms with Gasteiger partial charge in [0.1, 0.15) is 19.7 Å². The molecule has 0 unspecified atom stereocenters. The van der Waals surface area contributed by atoms with Crippen molar-refractivity contribution in [3.05, 3.63) is 33.0 Å². The van der Waals surface area contributed by atoms with Gasteiger partial charge in [-0.1, -0.05) is 75.1 Å². The Kier molecular flexibility index (Phi) is 4.78. The summed E-state index contributed by atoms with van der Waals surface area (Å²) < 4.78 is 0. The summed E-state index contributed by atoms with van der Waals surface area (Å²) in [5.41, 5.74) is 1.83. The molecule has 3 heterocycles. The summed E-state index contributed by atoms with van der Waals surface area (Å²) in [7, 11) is 0. The highest BCUT2D eigenvalue weighted by Crippen LogP contribution is 2.45. The van der Waals surface area contributed by atoms with Crippen LogP contribution in [0.15, 0.2) is 12.1 Å². The topological polar surface area (TPSA) is 40.6 Å². The minimum Gasteiger partial charge on any atom is -0.295 e. The number of rotatable bonds is 2. The molecular formula is C24H24N2O2S3. The van der Waals surface area contributed by atoms with E-state index in [0.717, 1.165) is 73.3 Å². The highest BCUT2D eigenvalue weighted by molar-refractivity contribution is 7.81. The van der Waals surface area contributed by atoms with Crippen molar-refractivity contribution in [1.29, 1.82) is 0 Å². The molecule has 1 aromatic heterocycles. The number of benzene rings is 1. The summed E-state index contributed by atoms with van der Waals surface area (Å²) >= 11 is 13.0. The average Bonchev–Trinajstić information content (AvgIpc) is 3.20. The van der Waals surface area contributed by atoms with Gasteiger partial charge in [0.05, 0.1) is 0 Å². The predicted molar refractivity (Wildman–Crippen MR) is 131 cm³/mol. The van der Waals surface area contributed by atoms with Crippen LogP contribution in [0.3, 0.4) is 0 Å². The molecule has 2 aliphatic carbocycles. The van der Waals surface area contributed by atoms with Crippen LogP contribution in [-0.4, -0.2) is 43.7 Å². The van der Waals surface area contributed by atoms with Gasteiger partial charge in [0, 0.05) is 34.0 Å². The summed E-state index contributed by atoms with van der Waals surface area (Å²) in [5.74, 6) is -0.0414. The fourth-order valence-corrected chi connectivity index (χ4v) is 7.95. The van der Waals surface area contributed by atoms with E-state index in [1.165, 1.54) is 24.2 Å². The smallest absolute Gasteiger partial charge is 0.269 e. The average molecular weight is 469 g/mol. The lowest BCUT2D eigenvalue weighted by Crippen LogP contribution is -2.47. The van der Waals surface area contributed by atoms with Crippen LogP contribution >= 0.6 is 35.8 Å². The monoisotopic (exact) mass is 468 g/mol. The maximum absolute atomic E-state index is 13.6. The fraction of sp³-hybridized carbons (Fsp3) is 0.500. The molecule has 2 amide bonds. The normalized spacial score (nSPS) is 22.7. The Morgan fingerprint density at radius 2 is 1.06 bits per heavy atom. The van der Waals surface area contributed by atoms with Crippen LogP contribution in [0.25, 0.3) is 10.8 Å². The largest absolute Gasteiger partial charge is 0.295 e. The molecule has 0 saturated heterocycles. The second-order valence-electron chi connectivity index (χ2n) is 9.22. The molecule has 0 spiro atoms. The van der Waals surface area contributed by atoms with Crippen LogP contribution < -0.4 is 0 Å². The SMILES string of the molecule is O=C1c2sc3c4c(ccc(c24)C(=S)N1C1CCCCC1)C(=S)N(C1CCCCC1)C3=O. The van der Waals surface area contributed by atoms with Crippen LogP contribution in [0.1, 0.15) is 94.7 Å². The highest BCUT2D eigenvalue weighted by atomic mass is 32.1. The minimum absolute atomic E-state index is 0.0207. The predicted octanol–water partition coefficient (Wildman–Crippen LogP) is 5.83. The molecule has 31 heavy (non-hydrogen) atoms. The number of amides is 2. The van der Waals surface area contributed by atoms with Gasteiger partial charge < -0.3 is 0 Å². The molecule has 2 aliphatic heterocycles. The molecule has 1 aromatic carbocycles. The highest BCUT2D eigenvalue weighted by Gasteiger charge is 2.43. The van der Waals surface area contributed by atoms with Crippen molar-refractivity contribution < 1.29 is 9.59 Å². The summed E-state index contributed by atoms with van der Waals surface area (Å²) in [6.45, 7) is 0. The molecule has 4 aliphatic rings. The number of nitrogens with zero attached hydrogens (tertiary/aromatic N) is 2. The Bertz CT molecular complexity index is 1070. The van der Waals surface area contributed by atoms with Crippen molar-refractivity contribution in [2.75, 3.05) is 0 Å². The van der Waals surface area contributed by atoms with Crippen LogP contribution in [0.2, 0.25) is 0 Å². The first-order valence-electron chi connectivity index (χ1n) is 11.4. The van der Waals surface area contributed by atoms with Crippen LogP contribution in [-0.2, 0) is 0 Å². The Morgan fingerprint density at radius 1 is 0.677 bits per heavy atom. The number of carbonyl (C=O) groups is 2. The lowest BCUT2D eigenvalue weighted by molar-refractivity contribution is 0.0777. The standard InChI is InChI=1S/C24H24N2O2S3/c27-21-19-17-15(23(29)25(21)13-7-3-1-4-8-13)11-12-16-18(17)20(31-19)22(28)26(24(16)30)14-9-5-2-6-10-14/h11-14H,1-10H2. The zero-order valence-electron chi connectivity index (χ0n) is 17.3. The first kappa shape index (κ1) is 19.9. The molecule has 0 radical (unpaired) electrons. The number of thiophene rings is 1. The molecule has 0 atom stereocenters. The van der Waals surface area contributed by atoms with Crippen molar-refractivity contribution in [3.8, 4) is 0 Å². The van der Waals surface area contributed by atoms with Crippen molar-refractivity contribution in [2.24, 2.45) is 0 Å². The molecule has 160 valence electrons. The summed E-state index contributed by atoms with van der Waals surface area (Å²) in [4.78, 5) is 33.6. The fourth-order valence-electron chi connectivity index (χ4n) is 5.94. The molecule has 0 bridgehead atoms. The second kappa shape index (κ2) is 7.42. The van der Waals surface area contributed by atoms with Crippen LogP contribution in [0.5, 0.6) is 0 Å². The molecule has 2 fully saturated rings. The summed E-state index contributed by atoms with van der Waals surface area (Å²) in [6, 6.07) is 4.40. The lowest BCUT2D eigenvalue weighted by Gasteiger charge is -2.38. The second-order valence-corrected chi connectivity index (χ2v) is 11.0. The van der Waals surface area contributed by atoms with Gasteiger partial charge in [-0.3, -0.25) is 19.4 Å². The van der Waals surface area contributed by atoms with E-state index in [4.69, 9.17) is 24.4 Å². The number of carbonyl (C=O) groups excluding carboxylic acids is 2. The van der Waals surface area contributed by atoms with Crippen molar-refractivity contribution in [2.45, 2.75) is 76.3 Å². The van der Waals surface area contributed by atoms with Crippen LogP contribution in [0.4, 0.5) is 0 Å². The van der Waals surface area contributed by atoms with Gasteiger partial charge in [-0.15, -0.1) is 11.3 Å². The van der Waals surface area contributed by atoms with Gasteiger partial charge >= 0.3 is 0 Å². The first-order valence-corrected chi connectivity index (χ1v) is 13.1. The molecule has 0 N–H and O–H groups in total. The van der Waals surface area contributed by atoms with E-state index < -0.39 is 0 Å². The third-order valence-electron chi connectivity index (χ3n) is 7.47. The molecule has 2 aromatic rings. The van der Waals surface area contributed by atoms with E-state index in [2.05, 4.69) is 0 Å². The van der Waals surface area contributed by atoms with Crippen LogP contribution in [0, 0.1) is 0 Å². The molecule has 4 nitrogen and oxygen atoms in total. The Morgan fingerprint density at radius 3 is 1.45 bits per heavy atom. The number of hydrogen-bond acceptors (Lipinski definition) is 5. The van der Waals surface area contributed by atoms with E-state index in [0.29, 0.717) is 19.7 Å². The minimum atomic E-state index is -0.0207. The molecule has 7 heteroatoms. The third-order valence-corrected chi connectivity index (χ3v) is 9.47. The third kappa shape index (κ3) is 2.82. The zero-order valence-corrected chi connectivity index (χ0v) is 19.8. The van der Waals surface area contributed by atoms with E-state index in [9.17, 15) is 9.59 Å². The van der Waals surface area contributed by atoms with Gasteiger partial charge in [-0.25, -0.2) is 0 Å². The summed E-state index contributed by atoms with van der Waals surface area (Å²) in [6.07, 6.45) is 11.0. The maximum atomic E-state index is 13.6. The van der Waals surface area contributed by atoms with E-state index in [-0.39, 0.29) is 23.9 Å². The van der Waals surface area contributed by atoms with Gasteiger partial charge in [0.2, 0.25) is 0 Å². The number of thiocarbonyl (C=S) groups is 2. The zero-order chi connectivity index (χ0) is 21.3. The summed E-state index contributed by atoms with van der Waals surface area (Å²) in [5, 5.41) is 1.72. The van der Waals surface area contributed by atoms with Gasteiger partial charge in [-0.2, -0.15) is 0 Å². The maximum Gasteiger partial charge on any atom is 0.269 e. The lowest BCUT2D eigenvalue weighted by atomic mass is 9.89. The first-order chi connectivity index (χ1) is 15.1. The molecule has 2 saturated carbocycles.